The van der Waals surface area contributed by atoms with Crippen LogP contribution in [0.1, 0.15) is 13.8 Å². The van der Waals surface area contributed by atoms with E-state index in [0.717, 1.165) is 6.54 Å². The molecule has 7 heteroatoms. The Bertz CT molecular complexity index is 441. The molecule has 15 heavy (non-hydrogen) atoms. The SMILES string of the molecule is CC(C)Cn1cnnc1-c1nc(N)n[nH]1. The van der Waals surface area contributed by atoms with Crippen molar-refractivity contribution < 1.29 is 0 Å². The highest BCUT2D eigenvalue weighted by molar-refractivity contribution is 5.44. The minimum atomic E-state index is 0.212. The third-order valence-corrected chi connectivity index (χ3v) is 1.89. The van der Waals surface area contributed by atoms with Crippen LogP contribution in [0.5, 0.6) is 0 Å². The first-order chi connectivity index (χ1) is 7.16. The summed E-state index contributed by atoms with van der Waals surface area (Å²) >= 11 is 0. The maximum Gasteiger partial charge on any atom is 0.239 e. The van der Waals surface area contributed by atoms with Gasteiger partial charge in [-0.2, -0.15) is 4.98 Å². The second kappa shape index (κ2) is 3.68. The van der Waals surface area contributed by atoms with Crippen molar-refractivity contribution in [1.29, 1.82) is 0 Å². The van der Waals surface area contributed by atoms with Crippen molar-refractivity contribution in [3.05, 3.63) is 6.33 Å². The molecule has 2 rings (SSSR count). The molecule has 0 aliphatic rings. The normalized spacial score (nSPS) is 11.1. The number of aromatic amines is 1. The van der Waals surface area contributed by atoms with Crippen molar-refractivity contribution in [2.24, 2.45) is 5.92 Å². The van der Waals surface area contributed by atoms with Crippen LogP contribution >= 0.6 is 0 Å². The zero-order valence-corrected chi connectivity index (χ0v) is 8.68. The van der Waals surface area contributed by atoms with Crippen molar-refractivity contribution in [2.45, 2.75) is 20.4 Å². The van der Waals surface area contributed by atoms with Gasteiger partial charge in [0.05, 0.1) is 0 Å². The van der Waals surface area contributed by atoms with Crippen LogP contribution in [-0.4, -0.2) is 29.9 Å². The van der Waals surface area contributed by atoms with Gasteiger partial charge in [0, 0.05) is 6.54 Å². The van der Waals surface area contributed by atoms with E-state index in [1.165, 1.54) is 0 Å². The van der Waals surface area contributed by atoms with Crippen LogP contribution in [0.15, 0.2) is 6.33 Å². The van der Waals surface area contributed by atoms with Crippen LogP contribution in [0.25, 0.3) is 11.6 Å². The van der Waals surface area contributed by atoms with Gasteiger partial charge in [-0.25, -0.2) is 0 Å². The molecule has 2 heterocycles. The fourth-order valence-electron chi connectivity index (χ4n) is 1.34. The number of aromatic nitrogens is 6. The molecule has 0 fully saturated rings. The van der Waals surface area contributed by atoms with Crippen LogP contribution < -0.4 is 5.73 Å². The van der Waals surface area contributed by atoms with Crippen molar-refractivity contribution in [2.75, 3.05) is 5.73 Å². The minimum Gasteiger partial charge on any atom is -0.366 e. The number of nitrogens with two attached hydrogens (primary N) is 1. The molecule has 7 nitrogen and oxygen atoms in total. The van der Waals surface area contributed by atoms with Crippen LogP contribution in [0, 0.1) is 5.92 Å². The van der Waals surface area contributed by atoms with Gasteiger partial charge in [-0.3, -0.25) is 5.10 Å². The van der Waals surface area contributed by atoms with Crippen molar-refractivity contribution in [3.63, 3.8) is 0 Å². The molecule has 80 valence electrons. The Kier molecular flexibility index (Phi) is 2.36. The lowest BCUT2D eigenvalue weighted by Gasteiger charge is -2.06. The fraction of sp³-hybridized carbons (Fsp3) is 0.500. The van der Waals surface area contributed by atoms with E-state index in [-0.39, 0.29) is 5.95 Å². The summed E-state index contributed by atoms with van der Waals surface area (Å²) in [6.07, 6.45) is 1.67. The number of anilines is 1. The molecule has 0 saturated heterocycles. The smallest absolute Gasteiger partial charge is 0.239 e. The average Bonchev–Trinajstić information content (AvgIpc) is 2.72. The van der Waals surface area contributed by atoms with Gasteiger partial charge in [0.15, 0.2) is 5.82 Å². The molecule has 0 radical (unpaired) electrons. The lowest BCUT2D eigenvalue weighted by atomic mass is 10.2. The largest absolute Gasteiger partial charge is 0.366 e. The molecule has 0 aliphatic heterocycles. The molecule has 0 atom stereocenters. The average molecular weight is 207 g/mol. The number of H-pyrrole nitrogens is 1. The Morgan fingerprint density at radius 3 is 2.93 bits per heavy atom. The van der Waals surface area contributed by atoms with Gasteiger partial charge < -0.3 is 10.3 Å². The third kappa shape index (κ3) is 1.95. The Balaban J connectivity index is 2.32. The molecule has 0 amide bonds. The fourth-order valence-corrected chi connectivity index (χ4v) is 1.34. The number of nitrogens with zero attached hydrogens (tertiary/aromatic N) is 5. The second-order valence-electron chi connectivity index (χ2n) is 3.74. The molecular formula is C8H13N7. The van der Waals surface area contributed by atoms with Crippen molar-refractivity contribution >= 4 is 5.95 Å². The van der Waals surface area contributed by atoms with Crippen molar-refractivity contribution in [1.82, 2.24) is 29.9 Å². The summed E-state index contributed by atoms with van der Waals surface area (Å²) in [6.45, 7) is 5.08. The first kappa shape index (κ1) is 9.63. The predicted octanol–water partition coefficient (Wildman–Crippen LogP) is 0.301. The van der Waals surface area contributed by atoms with Gasteiger partial charge in [-0.05, 0) is 5.92 Å². The number of nitrogens with one attached hydrogen (secondary N) is 1. The van der Waals surface area contributed by atoms with E-state index in [9.17, 15) is 0 Å². The standard InChI is InChI=1S/C8H13N7/c1-5(2)3-15-4-10-13-7(15)6-11-8(9)14-12-6/h4-5H,3H2,1-2H3,(H3,9,11,12,14). The van der Waals surface area contributed by atoms with Gasteiger partial charge in [-0.1, -0.05) is 13.8 Å². The summed E-state index contributed by atoms with van der Waals surface area (Å²) in [5.41, 5.74) is 5.43. The van der Waals surface area contributed by atoms with E-state index >= 15 is 0 Å². The van der Waals surface area contributed by atoms with E-state index in [4.69, 9.17) is 5.73 Å². The van der Waals surface area contributed by atoms with Gasteiger partial charge >= 0.3 is 0 Å². The number of hydrogen-bond acceptors (Lipinski definition) is 5. The summed E-state index contributed by atoms with van der Waals surface area (Å²) in [5.74, 6) is 1.93. The Labute approximate surface area is 86.7 Å². The first-order valence-corrected chi connectivity index (χ1v) is 4.73. The molecule has 3 N–H and O–H groups in total. The predicted molar refractivity (Wildman–Crippen MR) is 54.6 cm³/mol. The molecule has 0 saturated carbocycles. The van der Waals surface area contributed by atoms with E-state index in [1.54, 1.807) is 6.33 Å². The van der Waals surface area contributed by atoms with E-state index in [1.807, 2.05) is 4.57 Å². The molecular weight excluding hydrogens is 194 g/mol. The number of nitrogen functional groups attached to an aromatic ring is 1. The van der Waals surface area contributed by atoms with E-state index in [0.29, 0.717) is 17.6 Å². The Morgan fingerprint density at radius 2 is 2.33 bits per heavy atom. The molecule has 2 aromatic heterocycles. The molecule has 0 bridgehead atoms. The highest BCUT2D eigenvalue weighted by Gasteiger charge is 2.11. The lowest BCUT2D eigenvalue weighted by molar-refractivity contribution is 0.524. The summed E-state index contributed by atoms with van der Waals surface area (Å²) in [7, 11) is 0. The third-order valence-electron chi connectivity index (χ3n) is 1.89. The minimum absolute atomic E-state index is 0.212. The maximum atomic E-state index is 5.43. The van der Waals surface area contributed by atoms with Gasteiger partial charge in [0.25, 0.3) is 0 Å². The van der Waals surface area contributed by atoms with Gasteiger partial charge in [-0.15, -0.1) is 15.3 Å². The highest BCUT2D eigenvalue weighted by Crippen LogP contribution is 2.13. The summed E-state index contributed by atoms with van der Waals surface area (Å²) in [6, 6.07) is 0. The van der Waals surface area contributed by atoms with Crippen LogP contribution in [0.4, 0.5) is 5.95 Å². The zero-order chi connectivity index (χ0) is 10.8. The molecule has 0 aromatic carbocycles. The second-order valence-corrected chi connectivity index (χ2v) is 3.74. The monoisotopic (exact) mass is 207 g/mol. The number of hydrogen-bond donors (Lipinski definition) is 2. The number of rotatable bonds is 3. The van der Waals surface area contributed by atoms with E-state index in [2.05, 4.69) is 39.2 Å². The lowest BCUT2D eigenvalue weighted by Crippen LogP contribution is -2.05. The van der Waals surface area contributed by atoms with Gasteiger partial charge in [0.1, 0.15) is 6.33 Å². The van der Waals surface area contributed by atoms with Crippen LogP contribution in [0.2, 0.25) is 0 Å². The van der Waals surface area contributed by atoms with Gasteiger partial charge in [0.2, 0.25) is 11.8 Å². The molecule has 0 unspecified atom stereocenters. The highest BCUT2D eigenvalue weighted by atomic mass is 15.3. The Hall–Kier alpha value is -1.92. The topological polar surface area (TPSA) is 98.3 Å². The van der Waals surface area contributed by atoms with E-state index < -0.39 is 0 Å². The summed E-state index contributed by atoms with van der Waals surface area (Å²) in [5, 5.41) is 14.3. The summed E-state index contributed by atoms with van der Waals surface area (Å²) in [4.78, 5) is 4.01. The Morgan fingerprint density at radius 1 is 1.53 bits per heavy atom. The quantitative estimate of drug-likeness (QED) is 0.754. The zero-order valence-electron chi connectivity index (χ0n) is 8.68. The summed E-state index contributed by atoms with van der Waals surface area (Å²) < 4.78 is 1.92. The van der Waals surface area contributed by atoms with Crippen LogP contribution in [0.3, 0.4) is 0 Å². The van der Waals surface area contributed by atoms with Crippen molar-refractivity contribution in [3.8, 4) is 11.6 Å². The maximum absolute atomic E-state index is 5.43. The molecule has 2 aromatic rings. The molecule has 0 spiro atoms. The molecule has 0 aliphatic carbocycles. The first-order valence-electron chi connectivity index (χ1n) is 4.73. The van der Waals surface area contributed by atoms with Crippen LogP contribution in [-0.2, 0) is 6.54 Å².